The molecule has 3 aliphatic rings. The summed E-state index contributed by atoms with van der Waals surface area (Å²) in [5.74, 6) is 0. The Morgan fingerprint density at radius 1 is 1.12 bits per heavy atom. The van der Waals surface area contributed by atoms with Crippen molar-refractivity contribution in [2.45, 2.75) is 31.3 Å². The smallest absolute Gasteiger partial charge is 0.0620 e. The van der Waals surface area contributed by atoms with Gasteiger partial charge in [-0.2, -0.15) is 0 Å². The molecule has 1 saturated carbocycles. The van der Waals surface area contributed by atoms with Gasteiger partial charge in [0.15, 0.2) is 0 Å². The number of piperazine rings is 1. The van der Waals surface area contributed by atoms with Crippen LogP contribution < -0.4 is 5.32 Å². The Bertz CT molecular complexity index is 231. The molecule has 17 heavy (non-hydrogen) atoms. The Labute approximate surface area is 104 Å². The molecule has 1 aliphatic carbocycles. The number of morpholine rings is 1. The summed E-state index contributed by atoms with van der Waals surface area (Å²) in [4.78, 5) is 5.30. The monoisotopic (exact) mass is 239 g/mol. The molecule has 0 aromatic heterocycles. The summed E-state index contributed by atoms with van der Waals surface area (Å²) in [5.41, 5.74) is 0. The molecule has 0 aromatic carbocycles. The van der Waals surface area contributed by atoms with E-state index in [9.17, 15) is 0 Å². The molecule has 2 heterocycles. The first kappa shape index (κ1) is 11.9. The zero-order chi connectivity index (χ0) is 11.5. The van der Waals surface area contributed by atoms with Gasteiger partial charge in [-0.15, -0.1) is 0 Å². The Balaban J connectivity index is 1.32. The number of hydrogen-bond donors (Lipinski definition) is 1. The molecular weight excluding hydrogens is 214 g/mol. The molecule has 0 radical (unpaired) electrons. The van der Waals surface area contributed by atoms with Gasteiger partial charge in [-0.3, -0.25) is 4.90 Å². The van der Waals surface area contributed by atoms with Crippen LogP contribution in [0.1, 0.15) is 19.3 Å². The van der Waals surface area contributed by atoms with Gasteiger partial charge in [0.25, 0.3) is 0 Å². The SMILES string of the molecule is C1COCC(CCN2CCN(C3CC3)CC2)N1. The largest absolute Gasteiger partial charge is 0.379 e. The van der Waals surface area contributed by atoms with Crippen molar-refractivity contribution in [1.29, 1.82) is 0 Å². The van der Waals surface area contributed by atoms with Gasteiger partial charge < -0.3 is 15.0 Å². The summed E-state index contributed by atoms with van der Waals surface area (Å²) in [6, 6.07) is 1.54. The number of nitrogens with one attached hydrogen (secondary N) is 1. The highest BCUT2D eigenvalue weighted by Gasteiger charge is 2.31. The van der Waals surface area contributed by atoms with E-state index < -0.39 is 0 Å². The highest BCUT2D eigenvalue weighted by molar-refractivity contribution is 4.87. The van der Waals surface area contributed by atoms with E-state index in [2.05, 4.69) is 15.1 Å². The second-order valence-corrected chi connectivity index (χ2v) is 5.62. The average Bonchev–Trinajstić information content (AvgIpc) is 3.23. The highest BCUT2D eigenvalue weighted by atomic mass is 16.5. The van der Waals surface area contributed by atoms with Gasteiger partial charge in [0.2, 0.25) is 0 Å². The summed E-state index contributed by atoms with van der Waals surface area (Å²) in [5, 5.41) is 3.53. The Morgan fingerprint density at radius 2 is 1.94 bits per heavy atom. The van der Waals surface area contributed by atoms with Crippen molar-refractivity contribution < 1.29 is 4.74 Å². The van der Waals surface area contributed by atoms with Crippen molar-refractivity contribution in [3.63, 3.8) is 0 Å². The van der Waals surface area contributed by atoms with Crippen LogP contribution in [0, 0.1) is 0 Å². The topological polar surface area (TPSA) is 27.7 Å². The van der Waals surface area contributed by atoms with E-state index in [-0.39, 0.29) is 0 Å². The molecule has 0 spiro atoms. The molecule has 3 rings (SSSR count). The predicted molar refractivity (Wildman–Crippen MR) is 68.3 cm³/mol. The lowest BCUT2D eigenvalue weighted by Crippen LogP contribution is -2.49. The van der Waals surface area contributed by atoms with Gasteiger partial charge in [-0.1, -0.05) is 0 Å². The quantitative estimate of drug-likeness (QED) is 0.755. The molecule has 98 valence electrons. The molecular formula is C13H25N3O. The second kappa shape index (κ2) is 5.65. The summed E-state index contributed by atoms with van der Waals surface area (Å²) >= 11 is 0. The highest BCUT2D eigenvalue weighted by Crippen LogP contribution is 2.27. The van der Waals surface area contributed by atoms with Crippen molar-refractivity contribution in [2.75, 3.05) is 52.5 Å². The van der Waals surface area contributed by atoms with Gasteiger partial charge in [-0.05, 0) is 25.8 Å². The van der Waals surface area contributed by atoms with Crippen LogP contribution in [-0.2, 0) is 4.74 Å². The predicted octanol–water partition coefficient (Wildman–Crippen LogP) is 0.145. The fourth-order valence-electron chi connectivity index (χ4n) is 2.94. The molecule has 2 aliphatic heterocycles. The third-order valence-electron chi connectivity index (χ3n) is 4.26. The Morgan fingerprint density at radius 3 is 2.59 bits per heavy atom. The number of ether oxygens (including phenoxy) is 1. The summed E-state index contributed by atoms with van der Waals surface area (Å²) in [6.07, 6.45) is 4.14. The fraction of sp³-hybridized carbons (Fsp3) is 1.00. The molecule has 1 atom stereocenters. The third-order valence-corrected chi connectivity index (χ3v) is 4.26. The normalized spacial score (nSPS) is 32.8. The minimum absolute atomic E-state index is 0.588. The van der Waals surface area contributed by atoms with Crippen LogP contribution in [0.15, 0.2) is 0 Å². The Hall–Kier alpha value is -0.160. The molecule has 3 fully saturated rings. The van der Waals surface area contributed by atoms with Gasteiger partial charge in [0, 0.05) is 44.8 Å². The molecule has 0 bridgehead atoms. The van der Waals surface area contributed by atoms with E-state index in [1.165, 1.54) is 52.0 Å². The number of rotatable bonds is 4. The third kappa shape index (κ3) is 3.41. The maximum Gasteiger partial charge on any atom is 0.0620 e. The van der Waals surface area contributed by atoms with Crippen LogP contribution in [0.3, 0.4) is 0 Å². The second-order valence-electron chi connectivity index (χ2n) is 5.62. The lowest BCUT2D eigenvalue weighted by atomic mass is 10.2. The lowest BCUT2D eigenvalue weighted by Gasteiger charge is -2.35. The van der Waals surface area contributed by atoms with Crippen molar-refractivity contribution in [1.82, 2.24) is 15.1 Å². The number of hydrogen-bond acceptors (Lipinski definition) is 4. The average molecular weight is 239 g/mol. The molecule has 0 aromatic rings. The van der Waals surface area contributed by atoms with Crippen molar-refractivity contribution in [3.8, 4) is 0 Å². The van der Waals surface area contributed by atoms with Crippen LogP contribution in [0.5, 0.6) is 0 Å². The van der Waals surface area contributed by atoms with Crippen molar-refractivity contribution in [2.24, 2.45) is 0 Å². The zero-order valence-corrected chi connectivity index (χ0v) is 10.7. The van der Waals surface area contributed by atoms with E-state index in [0.717, 1.165) is 25.8 Å². The molecule has 4 nitrogen and oxygen atoms in total. The van der Waals surface area contributed by atoms with E-state index in [4.69, 9.17) is 4.74 Å². The van der Waals surface area contributed by atoms with Crippen LogP contribution >= 0.6 is 0 Å². The van der Waals surface area contributed by atoms with Crippen LogP contribution in [0.4, 0.5) is 0 Å². The Kier molecular flexibility index (Phi) is 3.96. The molecule has 2 saturated heterocycles. The van der Waals surface area contributed by atoms with E-state index in [1.807, 2.05) is 0 Å². The minimum atomic E-state index is 0.588. The minimum Gasteiger partial charge on any atom is -0.379 e. The van der Waals surface area contributed by atoms with Crippen molar-refractivity contribution in [3.05, 3.63) is 0 Å². The van der Waals surface area contributed by atoms with E-state index >= 15 is 0 Å². The van der Waals surface area contributed by atoms with Crippen LogP contribution in [0.25, 0.3) is 0 Å². The standard InChI is InChI=1S/C13H25N3O/c1-2-13(1)16-8-6-15(7-9-16)5-3-12-11-17-10-4-14-12/h12-14H,1-11H2. The molecule has 4 heteroatoms. The van der Waals surface area contributed by atoms with Crippen LogP contribution in [0.2, 0.25) is 0 Å². The molecule has 1 unspecified atom stereocenters. The molecule has 1 N–H and O–H groups in total. The van der Waals surface area contributed by atoms with E-state index in [1.54, 1.807) is 0 Å². The van der Waals surface area contributed by atoms with Gasteiger partial charge in [0.05, 0.1) is 13.2 Å². The summed E-state index contributed by atoms with van der Waals surface area (Å²) in [6.45, 7) is 9.17. The number of nitrogens with zero attached hydrogens (tertiary/aromatic N) is 2. The van der Waals surface area contributed by atoms with Gasteiger partial charge in [0.1, 0.15) is 0 Å². The maximum absolute atomic E-state index is 5.49. The lowest BCUT2D eigenvalue weighted by molar-refractivity contribution is 0.0646. The summed E-state index contributed by atoms with van der Waals surface area (Å²) < 4.78 is 5.49. The van der Waals surface area contributed by atoms with Crippen LogP contribution in [-0.4, -0.2) is 74.4 Å². The van der Waals surface area contributed by atoms with Gasteiger partial charge in [-0.25, -0.2) is 0 Å². The first-order valence-electron chi connectivity index (χ1n) is 7.19. The summed E-state index contributed by atoms with van der Waals surface area (Å²) in [7, 11) is 0. The zero-order valence-electron chi connectivity index (χ0n) is 10.7. The molecule has 0 amide bonds. The first-order valence-corrected chi connectivity index (χ1v) is 7.19. The maximum atomic E-state index is 5.49. The van der Waals surface area contributed by atoms with E-state index in [0.29, 0.717) is 6.04 Å². The first-order chi connectivity index (χ1) is 8.42. The fourth-order valence-corrected chi connectivity index (χ4v) is 2.94. The van der Waals surface area contributed by atoms with Crippen molar-refractivity contribution >= 4 is 0 Å². The van der Waals surface area contributed by atoms with Gasteiger partial charge >= 0.3 is 0 Å².